The van der Waals surface area contributed by atoms with Crippen LogP contribution in [0, 0.1) is 0 Å². The fourth-order valence-electron chi connectivity index (χ4n) is 4.86. The van der Waals surface area contributed by atoms with Gasteiger partial charge in [-0.15, -0.1) is 0 Å². The number of carbonyl (C=O) groups is 3. The van der Waals surface area contributed by atoms with E-state index >= 15 is 0 Å². The van der Waals surface area contributed by atoms with Gasteiger partial charge in [0, 0.05) is 39.1 Å². The number of urea groups is 1. The van der Waals surface area contributed by atoms with Crippen molar-refractivity contribution in [3.8, 4) is 5.75 Å². The van der Waals surface area contributed by atoms with E-state index in [2.05, 4.69) is 26.6 Å². The summed E-state index contributed by atoms with van der Waals surface area (Å²) in [6.07, 6.45) is 4.41. The Morgan fingerprint density at radius 3 is 2.53 bits per heavy atom. The summed E-state index contributed by atoms with van der Waals surface area (Å²) in [6.45, 7) is 6.56. The predicted molar refractivity (Wildman–Crippen MR) is 120 cm³/mol. The minimum atomic E-state index is -0.823. The van der Waals surface area contributed by atoms with Crippen molar-refractivity contribution < 1.29 is 19.1 Å². The van der Waals surface area contributed by atoms with Gasteiger partial charge < -0.3 is 15.0 Å². The minimum Gasteiger partial charge on any atom is -0.492 e. The first kappa shape index (κ1) is 22.4. The van der Waals surface area contributed by atoms with Crippen LogP contribution in [-0.2, 0) is 9.59 Å². The molecule has 1 aromatic rings. The van der Waals surface area contributed by atoms with Crippen LogP contribution in [0.4, 0.5) is 10.5 Å². The average molecular weight is 444 g/mol. The molecule has 2 N–H and O–H groups in total. The van der Waals surface area contributed by atoms with Crippen LogP contribution in [0.1, 0.15) is 45.4 Å². The molecule has 174 valence electrons. The normalized spacial score (nSPS) is 21.0. The Hall–Kier alpha value is -2.81. The first-order valence-electron chi connectivity index (χ1n) is 11.7. The molecule has 2 aliphatic heterocycles. The molecular weight excluding hydrogens is 410 g/mol. The molecule has 4 rings (SSSR count). The Balaban J connectivity index is 1.24. The molecule has 1 spiro atoms. The highest BCUT2D eigenvalue weighted by Gasteiger charge is 2.52. The van der Waals surface area contributed by atoms with Crippen molar-refractivity contribution in [1.29, 1.82) is 0 Å². The van der Waals surface area contributed by atoms with Crippen LogP contribution in [0.2, 0.25) is 0 Å². The van der Waals surface area contributed by atoms with Crippen LogP contribution < -0.4 is 20.4 Å². The largest absolute Gasteiger partial charge is 0.492 e. The first-order valence-corrected chi connectivity index (χ1v) is 11.7. The summed E-state index contributed by atoms with van der Waals surface area (Å²) in [5.74, 6) is 0.259. The van der Waals surface area contributed by atoms with E-state index in [4.69, 9.17) is 4.74 Å². The summed E-state index contributed by atoms with van der Waals surface area (Å²) >= 11 is 0. The summed E-state index contributed by atoms with van der Waals surface area (Å²) in [5.41, 5.74) is 2.80. The Labute approximate surface area is 189 Å². The highest BCUT2D eigenvalue weighted by atomic mass is 16.5. The molecule has 4 amide bonds. The summed E-state index contributed by atoms with van der Waals surface area (Å²) in [6, 6.07) is 7.53. The first-order chi connectivity index (χ1) is 15.5. The number of nitrogens with zero attached hydrogens (tertiary/aromatic N) is 3. The lowest BCUT2D eigenvalue weighted by Gasteiger charge is -2.36. The van der Waals surface area contributed by atoms with E-state index in [1.165, 1.54) is 0 Å². The van der Waals surface area contributed by atoms with E-state index in [1.807, 2.05) is 25.1 Å². The summed E-state index contributed by atoms with van der Waals surface area (Å²) in [7, 11) is 0. The van der Waals surface area contributed by atoms with E-state index in [1.54, 1.807) is 0 Å². The van der Waals surface area contributed by atoms with Gasteiger partial charge in [-0.25, -0.2) is 4.79 Å². The maximum Gasteiger partial charge on any atom is 0.344 e. The van der Waals surface area contributed by atoms with Crippen LogP contribution in [-0.4, -0.2) is 72.6 Å². The van der Waals surface area contributed by atoms with Crippen molar-refractivity contribution in [2.75, 3.05) is 44.2 Å². The SMILES string of the molecule is CCOc1ccccc1N1CCN(CCC(=O)NN2C(=O)NC3(CCCCC3)C2=O)CC1. The second-order valence-electron chi connectivity index (χ2n) is 8.73. The molecule has 1 aromatic carbocycles. The average Bonchev–Trinajstić information content (AvgIpc) is 3.03. The molecule has 0 atom stereocenters. The van der Waals surface area contributed by atoms with Crippen LogP contribution >= 0.6 is 0 Å². The van der Waals surface area contributed by atoms with Gasteiger partial charge in [0.05, 0.1) is 12.3 Å². The molecule has 1 saturated carbocycles. The Kier molecular flexibility index (Phi) is 6.83. The van der Waals surface area contributed by atoms with E-state index in [0.29, 0.717) is 26.0 Å². The topological polar surface area (TPSA) is 94.2 Å². The van der Waals surface area contributed by atoms with Gasteiger partial charge in [-0.2, -0.15) is 5.01 Å². The van der Waals surface area contributed by atoms with E-state index < -0.39 is 11.6 Å². The zero-order chi connectivity index (χ0) is 22.6. The van der Waals surface area contributed by atoms with Crippen LogP contribution in [0.15, 0.2) is 24.3 Å². The van der Waals surface area contributed by atoms with Gasteiger partial charge in [0.2, 0.25) is 5.91 Å². The van der Waals surface area contributed by atoms with E-state index in [-0.39, 0.29) is 18.2 Å². The molecule has 2 saturated heterocycles. The molecule has 1 aliphatic carbocycles. The van der Waals surface area contributed by atoms with Crippen molar-refractivity contribution in [3.05, 3.63) is 24.3 Å². The second kappa shape index (κ2) is 9.77. The summed E-state index contributed by atoms with van der Waals surface area (Å²) in [4.78, 5) is 42.1. The Morgan fingerprint density at radius 1 is 1.09 bits per heavy atom. The van der Waals surface area contributed by atoms with Crippen LogP contribution in [0.25, 0.3) is 0 Å². The zero-order valence-corrected chi connectivity index (χ0v) is 18.8. The lowest BCUT2D eigenvalue weighted by atomic mass is 9.82. The number of rotatable bonds is 7. The number of hydrazine groups is 1. The number of benzene rings is 1. The predicted octanol–water partition coefficient (Wildman–Crippen LogP) is 1.88. The number of anilines is 1. The van der Waals surface area contributed by atoms with Gasteiger partial charge in [-0.1, -0.05) is 31.4 Å². The van der Waals surface area contributed by atoms with Crippen molar-refractivity contribution in [3.63, 3.8) is 0 Å². The molecule has 0 bridgehead atoms. The fraction of sp³-hybridized carbons (Fsp3) is 0.609. The third kappa shape index (κ3) is 4.67. The fourth-order valence-corrected chi connectivity index (χ4v) is 4.86. The molecule has 2 heterocycles. The molecule has 3 aliphatic rings. The zero-order valence-electron chi connectivity index (χ0n) is 18.8. The maximum absolute atomic E-state index is 12.8. The van der Waals surface area contributed by atoms with E-state index in [0.717, 1.165) is 61.9 Å². The number of nitrogens with one attached hydrogen (secondary N) is 2. The molecule has 9 heteroatoms. The highest BCUT2D eigenvalue weighted by Crippen LogP contribution is 2.33. The summed E-state index contributed by atoms with van der Waals surface area (Å²) in [5, 5.41) is 3.70. The Morgan fingerprint density at radius 2 is 1.81 bits per heavy atom. The van der Waals surface area contributed by atoms with Crippen molar-refractivity contribution >= 4 is 23.5 Å². The lowest BCUT2D eigenvalue weighted by molar-refractivity contribution is -0.140. The third-order valence-electron chi connectivity index (χ3n) is 6.64. The quantitative estimate of drug-likeness (QED) is 0.625. The van der Waals surface area contributed by atoms with Crippen LogP contribution in [0.5, 0.6) is 5.75 Å². The minimum absolute atomic E-state index is 0.236. The number of imide groups is 1. The molecule has 0 radical (unpaired) electrons. The van der Waals surface area contributed by atoms with Crippen LogP contribution in [0.3, 0.4) is 0 Å². The standard InChI is InChI=1S/C23H33N5O4/c1-2-32-19-9-5-4-8-18(19)27-16-14-26(15-17-27)13-10-20(29)25-28-21(30)23(24-22(28)31)11-6-3-7-12-23/h4-5,8-9H,2-3,6-7,10-17H2,1H3,(H,24,31)(H,25,29). The number of hydrogen-bond acceptors (Lipinski definition) is 6. The van der Waals surface area contributed by atoms with Crippen molar-refractivity contribution in [2.24, 2.45) is 0 Å². The number of ether oxygens (including phenoxy) is 1. The van der Waals surface area contributed by atoms with Gasteiger partial charge in [-0.3, -0.25) is 19.9 Å². The number of hydrogen-bond donors (Lipinski definition) is 2. The highest BCUT2D eigenvalue weighted by molar-refractivity contribution is 6.08. The van der Waals surface area contributed by atoms with Gasteiger partial charge >= 0.3 is 6.03 Å². The van der Waals surface area contributed by atoms with E-state index in [9.17, 15) is 14.4 Å². The second-order valence-corrected chi connectivity index (χ2v) is 8.73. The van der Waals surface area contributed by atoms with Gasteiger partial charge in [-0.05, 0) is 31.9 Å². The summed E-state index contributed by atoms with van der Waals surface area (Å²) < 4.78 is 5.75. The molecule has 0 aromatic heterocycles. The maximum atomic E-state index is 12.8. The number of piperazine rings is 1. The van der Waals surface area contributed by atoms with Crippen molar-refractivity contribution in [1.82, 2.24) is 20.7 Å². The molecular formula is C23H33N5O4. The number of para-hydroxylation sites is 2. The van der Waals surface area contributed by atoms with Crippen molar-refractivity contribution in [2.45, 2.75) is 51.0 Å². The monoisotopic (exact) mass is 443 g/mol. The molecule has 0 unspecified atom stereocenters. The van der Waals surface area contributed by atoms with Gasteiger partial charge in [0.25, 0.3) is 5.91 Å². The lowest BCUT2D eigenvalue weighted by Crippen LogP contribution is -2.51. The smallest absolute Gasteiger partial charge is 0.344 e. The number of carbonyl (C=O) groups excluding carboxylic acids is 3. The van der Waals surface area contributed by atoms with Gasteiger partial charge in [0.1, 0.15) is 11.3 Å². The molecule has 3 fully saturated rings. The third-order valence-corrected chi connectivity index (χ3v) is 6.64. The van der Waals surface area contributed by atoms with Gasteiger partial charge in [0.15, 0.2) is 0 Å². The number of amides is 4. The molecule has 32 heavy (non-hydrogen) atoms. The molecule has 9 nitrogen and oxygen atoms in total. The Bertz CT molecular complexity index is 847.